The highest BCUT2D eigenvalue weighted by molar-refractivity contribution is 7.22. The van der Waals surface area contributed by atoms with Gasteiger partial charge in [-0.2, -0.15) is 0 Å². The standard InChI is InChI=1S/C45H28N2OS/c1-3-9-29(10-4-1)30-17-20-34(21-18-30)47(35-22-19-32-16-15-31-11-7-8-14-37(31)38(32)27-35)36-23-25-41-39(28-36)43-42(48-41)26-24-40-44(43)49-45(46-40)33-12-5-2-6-13-33/h1-28H. The molecule has 0 N–H and O–H groups in total. The van der Waals surface area contributed by atoms with Gasteiger partial charge in [0.05, 0.1) is 10.2 Å². The third-order valence-electron chi connectivity index (χ3n) is 9.47. The third-order valence-corrected chi connectivity index (χ3v) is 10.6. The second-order valence-corrected chi connectivity index (χ2v) is 13.4. The van der Waals surface area contributed by atoms with Gasteiger partial charge in [0, 0.05) is 33.4 Å². The van der Waals surface area contributed by atoms with Crippen LogP contribution in [-0.2, 0) is 0 Å². The lowest BCUT2D eigenvalue weighted by Crippen LogP contribution is -2.09. The van der Waals surface area contributed by atoms with Crippen molar-refractivity contribution in [3.05, 3.63) is 170 Å². The lowest BCUT2D eigenvalue weighted by Gasteiger charge is -2.26. The molecule has 2 heterocycles. The van der Waals surface area contributed by atoms with Crippen LogP contribution in [0.3, 0.4) is 0 Å². The molecule has 0 radical (unpaired) electrons. The maximum Gasteiger partial charge on any atom is 0.137 e. The molecule has 0 aliphatic heterocycles. The summed E-state index contributed by atoms with van der Waals surface area (Å²) in [7, 11) is 0. The number of hydrogen-bond donors (Lipinski definition) is 0. The van der Waals surface area contributed by atoms with Crippen LogP contribution in [0.2, 0.25) is 0 Å². The van der Waals surface area contributed by atoms with E-state index in [-0.39, 0.29) is 0 Å². The molecule has 3 nitrogen and oxygen atoms in total. The average molecular weight is 645 g/mol. The molecular formula is C45H28N2OS. The minimum Gasteiger partial charge on any atom is -0.456 e. The molecule has 0 saturated carbocycles. The molecule has 10 aromatic rings. The fourth-order valence-electron chi connectivity index (χ4n) is 7.09. The molecule has 0 amide bonds. The lowest BCUT2D eigenvalue weighted by atomic mass is 10.0. The van der Waals surface area contributed by atoms with E-state index in [1.54, 1.807) is 11.3 Å². The first-order chi connectivity index (χ1) is 24.3. The zero-order valence-corrected chi connectivity index (χ0v) is 27.2. The summed E-state index contributed by atoms with van der Waals surface area (Å²) in [4.78, 5) is 7.38. The number of benzene rings is 8. The second-order valence-electron chi connectivity index (χ2n) is 12.4. The van der Waals surface area contributed by atoms with Gasteiger partial charge in [0.1, 0.15) is 16.2 Å². The number of furan rings is 1. The van der Waals surface area contributed by atoms with Gasteiger partial charge in [-0.3, -0.25) is 0 Å². The Balaban J connectivity index is 1.18. The molecule has 0 saturated heterocycles. The van der Waals surface area contributed by atoms with Crippen LogP contribution in [0, 0.1) is 0 Å². The lowest BCUT2D eigenvalue weighted by molar-refractivity contribution is 0.669. The number of nitrogens with zero attached hydrogens (tertiary/aromatic N) is 2. The molecule has 4 heteroatoms. The summed E-state index contributed by atoms with van der Waals surface area (Å²) in [6, 6.07) is 60.3. The number of fused-ring (bicyclic) bond motifs is 8. The monoisotopic (exact) mass is 644 g/mol. The van der Waals surface area contributed by atoms with E-state index in [1.807, 2.05) is 6.07 Å². The van der Waals surface area contributed by atoms with Crippen molar-refractivity contribution in [1.82, 2.24) is 4.98 Å². The first-order valence-electron chi connectivity index (χ1n) is 16.5. The predicted molar refractivity (Wildman–Crippen MR) is 207 cm³/mol. The van der Waals surface area contributed by atoms with Gasteiger partial charge in [-0.25, -0.2) is 4.98 Å². The summed E-state index contributed by atoms with van der Waals surface area (Å²) in [6.07, 6.45) is 0. The van der Waals surface area contributed by atoms with Gasteiger partial charge in [-0.05, 0) is 87.3 Å². The Kier molecular flexibility index (Phi) is 6.36. The Morgan fingerprint density at radius 3 is 1.84 bits per heavy atom. The zero-order chi connectivity index (χ0) is 32.3. The summed E-state index contributed by atoms with van der Waals surface area (Å²) < 4.78 is 7.59. The summed E-state index contributed by atoms with van der Waals surface area (Å²) >= 11 is 1.72. The van der Waals surface area contributed by atoms with Crippen LogP contribution in [0.15, 0.2) is 174 Å². The first kappa shape index (κ1) is 27.8. The minimum absolute atomic E-state index is 0.866. The van der Waals surface area contributed by atoms with Gasteiger partial charge < -0.3 is 9.32 Å². The van der Waals surface area contributed by atoms with E-state index >= 15 is 0 Å². The molecule has 0 spiro atoms. The van der Waals surface area contributed by atoms with E-state index in [1.165, 1.54) is 32.7 Å². The maximum atomic E-state index is 6.45. The second kappa shape index (κ2) is 11.2. The fourth-order valence-corrected chi connectivity index (χ4v) is 8.21. The molecule has 2 aromatic heterocycles. The highest BCUT2D eigenvalue weighted by Crippen LogP contribution is 2.44. The first-order valence-corrected chi connectivity index (χ1v) is 17.3. The normalized spacial score (nSPS) is 11.7. The van der Waals surface area contributed by atoms with E-state index < -0.39 is 0 Å². The molecule has 8 aromatic carbocycles. The SMILES string of the molecule is c1ccc(-c2ccc(N(c3ccc4ccc5ccccc5c4c3)c3ccc4oc5ccc6nc(-c7ccccc7)sc6c5c4c3)cc2)cc1. The Morgan fingerprint density at radius 2 is 1.04 bits per heavy atom. The van der Waals surface area contributed by atoms with Crippen LogP contribution in [0.25, 0.3) is 75.4 Å². The van der Waals surface area contributed by atoms with Crippen molar-refractivity contribution in [3.63, 3.8) is 0 Å². The summed E-state index contributed by atoms with van der Waals surface area (Å²) in [5.41, 5.74) is 9.48. The Labute approximate surface area is 286 Å². The number of rotatable bonds is 5. The minimum atomic E-state index is 0.866. The smallest absolute Gasteiger partial charge is 0.137 e. The zero-order valence-electron chi connectivity index (χ0n) is 26.4. The van der Waals surface area contributed by atoms with Crippen molar-refractivity contribution in [2.24, 2.45) is 0 Å². The Bertz CT molecular complexity index is 2820. The Hall–Kier alpha value is -6.23. The molecule has 49 heavy (non-hydrogen) atoms. The number of aromatic nitrogens is 1. The predicted octanol–water partition coefficient (Wildman–Crippen LogP) is 13.3. The highest BCUT2D eigenvalue weighted by Gasteiger charge is 2.19. The van der Waals surface area contributed by atoms with Gasteiger partial charge in [0.25, 0.3) is 0 Å². The van der Waals surface area contributed by atoms with Crippen LogP contribution in [-0.4, -0.2) is 4.98 Å². The van der Waals surface area contributed by atoms with Gasteiger partial charge in [0.15, 0.2) is 0 Å². The molecule has 0 atom stereocenters. The maximum absolute atomic E-state index is 6.45. The van der Waals surface area contributed by atoms with E-state index in [9.17, 15) is 0 Å². The summed E-state index contributed by atoms with van der Waals surface area (Å²) in [5.74, 6) is 0. The van der Waals surface area contributed by atoms with Crippen molar-refractivity contribution in [1.29, 1.82) is 0 Å². The molecule has 0 unspecified atom stereocenters. The van der Waals surface area contributed by atoms with Gasteiger partial charge >= 0.3 is 0 Å². The molecule has 230 valence electrons. The van der Waals surface area contributed by atoms with Gasteiger partial charge in [-0.15, -0.1) is 11.3 Å². The third kappa shape index (κ3) is 4.68. The molecular weight excluding hydrogens is 617 g/mol. The van der Waals surface area contributed by atoms with Crippen molar-refractivity contribution in [3.8, 4) is 21.7 Å². The topological polar surface area (TPSA) is 29.3 Å². The van der Waals surface area contributed by atoms with Crippen molar-refractivity contribution in [2.45, 2.75) is 0 Å². The number of anilines is 3. The average Bonchev–Trinajstić information content (AvgIpc) is 3.77. The van der Waals surface area contributed by atoms with Crippen LogP contribution < -0.4 is 4.90 Å². The van der Waals surface area contributed by atoms with E-state index in [4.69, 9.17) is 9.40 Å². The largest absolute Gasteiger partial charge is 0.456 e. The van der Waals surface area contributed by atoms with E-state index in [0.717, 1.165) is 59.8 Å². The van der Waals surface area contributed by atoms with Gasteiger partial charge in [-0.1, -0.05) is 115 Å². The summed E-state index contributed by atoms with van der Waals surface area (Å²) in [5, 5.41) is 8.14. The van der Waals surface area contributed by atoms with Gasteiger partial charge in [0.2, 0.25) is 0 Å². The van der Waals surface area contributed by atoms with Crippen LogP contribution >= 0.6 is 11.3 Å². The number of thiazole rings is 1. The molecule has 10 rings (SSSR count). The van der Waals surface area contributed by atoms with Crippen LogP contribution in [0.5, 0.6) is 0 Å². The fraction of sp³-hybridized carbons (Fsp3) is 0. The van der Waals surface area contributed by atoms with Crippen LogP contribution in [0.4, 0.5) is 17.1 Å². The van der Waals surface area contributed by atoms with Crippen molar-refractivity contribution >= 4 is 82.1 Å². The quantitative estimate of drug-likeness (QED) is 0.175. The van der Waals surface area contributed by atoms with Crippen molar-refractivity contribution in [2.75, 3.05) is 4.90 Å². The van der Waals surface area contributed by atoms with E-state index in [0.29, 0.717) is 0 Å². The summed E-state index contributed by atoms with van der Waals surface area (Å²) in [6.45, 7) is 0. The molecule has 0 aliphatic carbocycles. The molecule has 0 aliphatic rings. The molecule has 0 fully saturated rings. The van der Waals surface area contributed by atoms with E-state index in [2.05, 4.69) is 169 Å². The number of hydrogen-bond acceptors (Lipinski definition) is 4. The highest BCUT2D eigenvalue weighted by atomic mass is 32.1. The van der Waals surface area contributed by atoms with Crippen LogP contribution in [0.1, 0.15) is 0 Å². The van der Waals surface area contributed by atoms with Crippen molar-refractivity contribution < 1.29 is 4.42 Å². The molecule has 0 bridgehead atoms. The Morgan fingerprint density at radius 1 is 0.449 bits per heavy atom.